The molecule has 0 bridgehead atoms. The summed E-state index contributed by atoms with van der Waals surface area (Å²) in [5, 5.41) is 12.6. The number of benzene rings is 2. The molecule has 2 heterocycles. The molecule has 3 aromatic rings. The largest absolute Gasteiger partial charge is 0.395 e. The zero-order valence-electron chi connectivity index (χ0n) is 15.9. The van der Waals surface area contributed by atoms with E-state index in [0.717, 1.165) is 42.5 Å². The van der Waals surface area contributed by atoms with Gasteiger partial charge in [0.2, 0.25) is 5.91 Å². The number of nitrogens with zero attached hydrogens (tertiary/aromatic N) is 3. The van der Waals surface area contributed by atoms with Gasteiger partial charge in [0.15, 0.2) is 0 Å². The van der Waals surface area contributed by atoms with Crippen LogP contribution in [0.5, 0.6) is 0 Å². The van der Waals surface area contributed by atoms with Gasteiger partial charge in [0.25, 0.3) is 0 Å². The Hall–Kier alpha value is -2.70. The SMILES string of the molecule is O=C(Cn1cnc2ccccc21)NCc1ccccc1CN1CCCC1CO. The van der Waals surface area contributed by atoms with E-state index in [1.807, 2.05) is 41.0 Å². The Morgan fingerprint density at radius 3 is 2.79 bits per heavy atom. The second-order valence-corrected chi connectivity index (χ2v) is 7.36. The highest BCUT2D eigenvalue weighted by Gasteiger charge is 2.24. The first kappa shape index (κ1) is 18.7. The maximum Gasteiger partial charge on any atom is 0.240 e. The van der Waals surface area contributed by atoms with Gasteiger partial charge in [0.1, 0.15) is 6.54 Å². The summed E-state index contributed by atoms with van der Waals surface area (Å²) in [7, 11) is 0. The quantitative estimate of drug-likeness (QED) is 0.662. The lowest BCUT2D eigenvalue weighted by atomic mass is 10.1. The summed E-state index contributed by atoms with van der Waals surface area (Å²) < 4.78 is 1.87. The number of carbonyl (C=O) groups is 1. The fourth-order valence-corrected chi connectivity index (χ4v) is 3.95. The van der Waals surface area contributed by atoms with E-state index in [1.54, 1.807) is 6.33 Å². The molecule has 6 heteroatoms. The number of rotatable bonds is 7. The zero-order valence-corrected chi connectivity index (χ0v) is 15.9. The van der Waals surface area contributed by atoms with Crippen molar-refractivity contribution in [2.45, 2.75) is 38.5 Å². The van der Waals surface area contributed by atoms with Crippen LogP contribution in [-0.4, -0.2) is 44.7 Å². The van der Waals surface area contributed by atoms with E-state index in [1.165, 1.54) is 5.56 Å². The molecule has 1 aromatic heterocycles. The van der Waals surface area contributed by atoms with E-state index >= 15 is 0 Å². The Bertz CT molecular complexity index is 952. The van der Waals surface area contributed by atoms with Gasteiger partial charge in [-0.3, -0.25) is 9.69 Å². The van der Waals surface area contributed by atoms with Crippen molar-refractivity contribution >= 4 is 16.9 Å². The van der Waals surface area contributed by atoms with E-state index in [2.05, 4.69) is 27.3 Å². The van der Waals surface area contributed by atoms with Crippen molar-refractivity contribution in [3.63, 3.8) is 0 Å². The number of nitrogens with one attached hydrogen (secondary N) is 1. The molecular weight excluding hydrogens is 352 g/mol. The molecule has 1 atom stereocenters. The van der Waals surface area contributed by atoms with Crippen molar-refractivity contribution < 1.29 is 9.90 Å². The molecule has 146 valence electrons. The molecule has 1 unspecified atom stereocenters. The summed E-state index contributed by atoms with van der Waals surface area (Å²) in [5.41, 5.74) is 4.18. The summed E-state index contributed by atoms with van der Waals surface area (Å²) in [6, 6.07) is 16.3. The minimum Gasteiger partial charge on any atom is -0.395 e. The molecule has 1 aliphatic heterocycles. The Morgan fingerprint density at radius 2 is 1.93 bits per heavy atom. The van der Waals surface area contributed by atoms with Crippen molar-refractivity contribution in [3.8, 4) is 0 Å². The minimum absolute atomic E-state index is 0.0348. The predicted molar refractivity (Wildman–Crippen MR) is 109 cm³/mol. The highest BCUT2D eigenvalue weighted by molar-refractivity contribution is 5.80. The molecule has 28 heavy (non-hydrogen) atoms. The monoisotopic (exact) mass is 378 g/mol. The summed E-state index contributed by atoms with van der Waals surface area (Å²) >= 11 is 0. The van der Waals surface area contributed by atoms with Gasteiger partial charge < -0.3 is 15.0 Å². The molecule has 1 saturated heterocycles. The molecule has 0 saturated carbocycles. The number of aliphatic hydroxyl groups excluding tert-OH is 1. The molecule has 4 rings (SSSR count). The highest BCUT2D eigenvalue weighted by Crippen LogP contribution is 2.21. The lowest BCUT2D eigenvalue weighted by molar-refractivity contribution is -0.121. The molecule has 1 aliphatic rings. The first-order valence-electron chi connectivity index (χ1n) is 9.83. The van der Waals surface area contributed by atoms with Crippen molar-refractivity contribution in [1.29, 1.82) is 0 Å². The lowest BCUT2D eigenvalue weighted by Gasteiger charge is -2.24. The lowest BCUT2D eigenvalue weighted by Crippen LogP contribution is -2.32. The topological polar surface area (TPSA) is 70.4 Å². The van der Waals surface area contributed by atoms with Crippen molar-refractivity contribution in [3.05, 3.63) is 66.0 Å². The predicted octanol–water partition coefficient (Wildman–Crippen LogP) is 2.31. The average molecular weight is 378 g/mol. The summed E-state index contributed by atoms with van der Waals surface area (Å²) in [5.74, 6) is -0.0348. The summed E-state index contributed by atoms with van der Waals surface area (Å²) in [6.07, 6.45) is 3.89. The standard InChI is InChI=1S/C22H26N4O2/c27-15-19-8-5-11-25(19)13-18-7-2-1-6-17(18)12-23-22(28)14-26-16-24-20-9-3-4-10-21(20)26/h1-4,6-7,9-10,16,19,27H,5,8,11-15H2,(H,23,28). The molecule has 6 nitrogen and oxygen atoms in total. The van der Waals surface area contributed by atoms with Gasteiger partial charge in [-0.1, -0.05) is 36.4 Å². The van der Waals surface area contributed by atoms with Crippen LogP contribution in [0.3, 0.4) is 0 Å². The van der Waals surface area contributed by atoms with Crippen LogP contribution in [0, 0.1) is 0 Å². The van der Waals surface area contributed by atoms with Gasteiger partial charge in [-0.2, -0.15) is 0 Å². The first-order chi connectivity index (χ1) is 13.7. The van der Waals surface area contributed by atoms with Crippen molar-refractivity contribution in [1.82, 2.24) is 19.8 Å². The van der Waals surface area contributed by atoms with Crippen LogP contribution in [0.15, 0.2) is 54.9 Å². The third-order valence-corrected chi connectivity index (χ3v) is 5.52. The van der Waals surface area contributed by atoms with Crippen LogP contribution in [0.4, 0.5) is 0 Å². The Labute approximate surface area is 164 Å². The van der Waals surface area contributed by atoms with Gasteiger partial charge >= 0.3 is 0 Å². The molecule has 2 aromatic carbocycles. The number of aromatic nitrogens is 2. The summed E-state index contributed by atoms with van der Waals surface area (Å²) in [6.45, 7) is 2.78. The Kier molecular flexibility index (Phi) is 5.69. The van der Waals surface area contributed by atoms with E-state index in [4.69, 9.17) is 0 Å². The van der Waals surface area contributed by atoms with Crippen LogP contribution >= 0.6 is 0 Å². The van der Waals surface area contributed by atoms with Gasteiger partial charge in [0, 0.05) is 19.1 Å². The zero-order chi connectivity index (χ0) is 19.3. The van der Waals surface area contributed by atoms with Gasteiger partial charge in [-0.15, -0.1) is 0 Å². The van der Waals surface area contributed by atoms with Crippen molar-refractivity contribution in [2.24, 2.45) is 0 Å². The highest BCUT2D eigenvalue weighted by atomic mass is 16.3. The molecule has 0 radical (unpaired) electrons. The molecule has 0 spiro atoms. The second-order valence-electron chi connectivity index (χ2n) is 7.36. The van der Waals surface area contributed by atoms with Crippen LogP contribution in [0.2, 0.25) is 0 Å². The number of likely N-dealkylation sites (tertiary alicyclic amines) is 1. The molecule has 1 amide bonds. The number of hydrogen-bond acceptors (Lipinski definition) is 4. The van der Waals surface area contributed by atoms with Gasteiger partial charge in [0.05, 0.1) is 24.0 Å². The van der Waals surface area contributed by atoms with Crippen molar-refractivity contribution in [2.75, 3.05) is 13.2 Å². The van der Waals surface area contributed by atoms with Crippen LogP contribution in [-0.2, 0) is 24.4 Å². The molecule has 2 N–H and O–H groups in total. The van der Waals surface area contributed by atoms with E-state index < -0.39 is 0 Å². The maximum absolute atomic E-state index is 12.5. The number of amides is 1. The van der Waals surface area contributed by atoms with E-state index in [0.29, 0.717) is 6.54 Å². The minimum atomic E-state index is -0.0348. The van der Waals surface area contributed by atoms with Gasteiger partial charge in [-0.05, 0) is 42.6 Å². The Morgan fingerprint density at radius 1 is 1.14 bits per heavy atom. The van der Waals surface area contributed by atoms with E-state index in [-0.39, 0.29) is 25.1 Å². The fraction of sp³-hybridized carbons (Fsp3) is 0.364. The molecule has 1 fully saturated rings. The Balaban J connectivity index is 1.39. The van der Waals surface area contributed by atoms with Crippen LogP contribution in [0.25, 0.3) is 11.0 Å². The number of fused-ring (bicyclic) bond motifs is 1. The fourth-order valence-electron chi connectivity index (χ4n) is 3.95. The first-order valence-corrected chi connectivity index (χ1v) is 9.83. The third-order valence-electron chi connectivity index (χ3n) is 5.52. The van der Waals surface area contributed by atoms with Crippen LogP contribution in [0.1, 0.15) is 24.0 Å². The normalized spacial score (nSPS) is 17.2. The number of carbonyl (C=O) groups excluding carboxylic acids is 1. The maximum atomic E-state index is 12.5. The molecule has 0 aliphatic carbocycles. The van der Waals surface area contributed by atoms with Crippen LogP contribution < -0.4 is 5.32 Å². The smallest absolute Gasteiger partial charge is 0.240 e. The molecular formula is C22H26N4O2. The third kappa shape index (κ3) is 4.08. The average Bonchev–Trinajstić information content (AvgIpc) is 3.34. The number of para-hydroxylation sites is 2. The number of hydrogen-bond donors (Lipinski definition) is 2. The van der Waals surface area contributed by atoms with E-state index in [9.17, 15) is 9.90 Å². The number of aliphatic hydroxyl groups is 1. The second kappa shape index (κ2) is 8.54. The van der Waals surface area contributed by atoms with Gasteiger partial charge in [-0.25, -0.2) is 4.98 Å². The number of imidazole rings is 1. The summed E-state index contributed by atoms with van der Waals surface area (Å²) in [4.78, 5) is 19.1.